The molecule has 0 aromatic heterocycles. The zero-order chi connectivity index (χ0) is 15.0. The molecule has 6 heteroatoms. The quantitative estimate of drug-likeness (QED) is 0.789. The molecule has 1 saturated carbocycles. The smallest absolute Gasteiger partial charge is 0.336 e. The van der Waals surface area contributed by atoms with Gasteiger partial charge in [0.15, 0.2) is 0 Å². The van der Waals surface area contributed by atoms with Crippen LogP contribution in [0.3, 0.4) is 0 Å². The highest BCUT2D eigenvalue weighted by Crippen LogP contribution is 2.30. The highest BCUT2D eigenvalue weighted by atomic mass is 16.7. The Morgan fingerprint density at radius 2 is 1.76 bits per heavy atom. The van der Waals surface area contributed by atoms with E-state index in [2.05, 4.69) is 0 Å². The normalized spacial score (nSPS) is 24.3. The number of nitrogens with zero attached hydrogens (tertiary/aromatic N) is 1. The number of fused-ring (bicyclic) bond motifs is 1. The molecule has 1 aromatic rings. The molecule has 0 saturated heterocycles. The van der Waals surface area contributed by atoms with Gasteiger partial charge in [0.25, 0.3) is 11.8 Å². The van der Waals surface area contributed by atoms with Gasteiger partial charge in [-0.1, -0.05) is 17.2 Å². The van der Waals surface area contributed by atoms with E-state index in [1.54, 1.807) is 31.4 Å². The minimum atomic E-state index is -0.592. The summed E-state index contributed by atoms with van der Waals surface area (Å²) < 4.78 is 5.20. The second kappa shape index (κ2) is 5.29. The van der Waals surface area contributed by atoms with Gasteiger partial charge in [0, 0.05) is 7.11 Å². The van der Waals surface area contributed by atoms with Gasteiger partial charge in [0.05, 0.1) is 23.1 Å². The molecule has 0 radical (unpaired) electrons. The van der Waals surface area contributed by atoms with Gasteiger partial charge in [-0.3, -0.25) is 9.59 Å². The fourth-order valence-corrected chi connectivity index (χ4v) is 2.78. The summed E-state index contributed by atoms with van der Waals surface area (Å²) in [5.41, 5.74) is 0.521. The summed E-state index contributed by atoms with van der Waals surface area (Å²) in [7, 11) is 1.60. The molecule has 2 amide bonds. The number of carbonyl (C=O) groups excluding carboxylic acids is 3. The predicted octanol–water partition coefficient (Wildman–Crippen LogP) is 1.56. The highest BCUT2D eigenvalue weighted by molar-refractivity contribution is 6.20. The Hall–Kier alpha value is -2.21. The van der Waals surface area contributed by atoms with Crippen LogP contribution >= 0.6 is 0 Å². The topological polar surface area (TPSA) is 72.9 Å². The lowest BCUT2D eigenvalue weighted by Gasteiger charge is -2.15. The molecule has 2 aliphatic rings. The average molecular weight is 289 g/mol. The van der Waals surface area contributed by atoms with Gasteiger partial charge in [0.1, 0.15) is 0 Å². The number of hydrogen-bond donors (Lipinski definition) is 0. The lowest BCUT2D eigenvalue weighted by molar-refractivity contribution is -0.173. The Labute approximate surface area is 121 Å². The van der Waals surface area contributed by atoms with Crippen LogP contribution in [0.4, 0.5) is 0 Å². The van der Waals surface area contributed by atoms with Crippen LogP contribution in [0.1, 0.15) is 40.0 Å². The lowest BCUT2D eigenvalue weighted by atomic mass is 10.1. The summed E-state index contributed by atoms with van der Waals surface area (Å²) in [6.07, 6.45) is 2.00. The van der Waals surface area contributed by atoms with E-state index >= 15 is 0 Å². The molecule has 6 nitrogen and oxygen atoms in total. The first kappa shape index (κ1) is 13.8. The number of amides is 2. The van der Waals surface area contributed by atoms with Crippen LogP contribution in [0.15, 0.2) is 24.3 Å². The third kappa shape index (κ3) is 2.31. The fraction of sp³-hybridized carbons (Fsp3) is 0.400. The van der Waals surface area contributed by atoms with Crippen molar-refractivity contribution in [2.24, 2.45) is 5.92 Å². The maximum Gasteiger partial charge on any atom is 0.336 e. The van der Waals surface area contributed by atoms with Crippen LogP contribution in [0.5, 0.6) is 0 Å². The van der Waals surface area contributed by atoms with Crippen molar-refractivity contribution in [1.82, 2.24) is 5.06 Å². The number of hydroxylamine groups is 2. The van der Waals surface area contributed by atoms with E-state index in [4.69, 9.17) is 9.57 Å². The molecular formula is C15H15NO5. The van der Waals surface area contributed by atoms with E-state index < -0.39 is 17.8 Å². The number of carbonyl (C=O) groups is 3. The summed E-state index contributed by atoms with van der Waals surface area (Å²) in [5.74, 6) is -2.07. The number of methoxy groups -OCH3 is 1. The van der Waals surface area contributed by atoms with Gasteiger partial charge in [-0.05, 0) is 31.4 Å². The second-order valence-corrected chi connectivity index (χ2v) is 5.23. The van der Waals surface area contributed by atoms with Crippen LogP contribution in [-0.4, -0.2) is 36.1 Å². The van der Waals surface area contributed by atoms with Gasteiger partial charge in [-0.15, -0.1) is 0 Å². The number of ether oxygens (including phenoxy) is 1. The van der Waals surface area contributed by atoms with Crippen molar-refractivity contribution >= 4 is 17.8 Å². The van der Waals surface area contributed by atoms with E-state index in [0.29, 0.717) is 17.9 Å². The molecule has 21 heavy (non-hydrogen) atoms. The van der Waals surface area contributed by atoms with Crippen LogP contribution < -0.4 is 0 Å². The maximum atomic E-state index is 12.1. The van der Waals surface area contributed by atoms with Crippen molar-refractivity contribution in [3.8, 4) is 0 Å². The minimum absolute atomic E-state index is 0.0322. The minimum Gasteiger partial charge on any atom is -0.381 e. The molecule has 1 heterocycles. The van der Waals surface area contributed by atoms with E-state index in [9.17, 15) is 14.4 Å². The third-order valence-electron chi connectivity index (χ3n) is 3.99. The summed E-state index contributed by atoms with van der Waals surface area (Å²) in [6.45, 7) is 0. The van der Waals surface area contributed by atoms with Crippen molar-refractivity contribution in [2.75, 3.05) is 7.11 Å². The largest absolute Gasteiger partial charge is 0.381 e. The third-order valence-corrected chi connectivity index (χ3v) is 3.99. The Kier molecular flexibility index (Phi) is 3.47. The summed E-state index contributed by atoms with van der Waals surface area (Å²) in [4.78, 5) is 41.3. The summed E-state index contributed by atoms with van der Waals surface area (Å²) >= 11 is 0. The van der Waals surface area contributed by atoms with Crippen LogP contribution in [0.2, 0.25) is 0 Å². The monoisotopic (exact) mass is 289 g/mol. The molecular weight excluding hydrogens is 274 g/mol. The molecule has 2 atom stereocenters. The molecule has 1 fully saturated rings. The van der Waals surface area contributed by atoms with E-state index in [0.717, 1.165) is 6.42 Å². The first-order valence-corrected chi connectivity index (χ1v) is 6.84. The Bertz CT molecular complexity index is 577. The SMILES string of the molecule is COC1CCC(C(=O)ON2C(=O)c3ccccc3C2=O)C1. The van der Waals surface area contributed by atoms with Gasteiger partial charge in [-0.2, -0.15) is 0 Å². The molecule has 1 aliphatic heterocycles. The lowest BCUT2D eigenvalue weighted by Crippen LogP contribution is -2.34. The first-order chi connectivity index (χ1) is 10.1. The molecule has 3 rings (SSSR count). The van der Waals surface area contributed by atoms with Crippen LogP contribution in [0.25, 0.3) is 0 Å². The molecule has 2 unspecified atom stereocenters. The molecule has 1 aliphatic carbocycles. The van der Waals surface area contributed by atoms with E-state index in [-0.39, 0.29) is 23.1 Å². The van der Waals surface area contributed by atoms with E-state index in [1.807, 2.05) is 0 Å². The first-order valence-electron chi connectivity index (χ1n) is 6.84. The molecule has 110 valence electrons. The number of imide groups is 1. The van der Waals surface area contributed by atoms with Crippen LogP contribution in [0, 0.1) is 5.92 Å². The van der Waals surface area contributed by atoms with Crippen molar-refractivity contribution in [3.05, 3.63) is 35.4 Å². The summed E-state index contributed by atoms with van der Waals surface area (Å²) in [6, 6.07) is 6.41. The second-order valence-electron chi connectivity index (χ2n) is 5.23. The average Bonchev–Trinajstić information content (AvgIpc) is 3.07. The van der Waals surface area contributed by atoms with Crippen molar-refractivity contribution < 1.29 is 24.0 Å². The fourth-order valence-electron chi connectivity index (χ4n) is 2.78. The molecule has 1 aromatic carbocycles. The Morgan fingerprint density at radius 3 is 2.29 bits per heavy atom. The van der Waals surface area contributed by atoms with Gasteiger partial charge in [-0.25, -0.2) is 4.79 Å². The van der Waals surface area contributed by atoms with E-state index in [1.165, 1.54) is 0 Å². The number of rotatable bonds is 3. The van der Waals surface area contributed by atoms with Crippen molar-refractivity contribution in [2.45, 2.75) is 25.4 Å². The van der Waals surface area contributed by atoms with Crippen molar-refractivity contribution in [1.29, 1.82) is 0 Å². The van der Waals surface area contributed by atoms with Gasteiger partial charge < -0.3 is 9.57 Å². The number of hydrogen-bond acceptors (Lipinski definition) is 5. The Balaban J connectivity index is 1.71. The highest BCUT2D eigenvalue weighted by Gasteiger charge is 2.41. The predicted molar refractivity (Wildman–Crippen MR) is 71.2 cm³/mol. The zero-order valence-corrected chi connectivity index (χ0v) is 11.6. The van der Waals surface area contributed by atoms with Crippen molar-refractivity contribution in [3.63, 3.8) is 0 Å². The zero-order valence-electron chi connectivity index (χ0n) is 11.6. The van der Waals surface area contributed by atoms with Gasteiger partial charge >= 0.3 is 5.97 Å². The number of benzene rings is 1. The standard InChI is InChI=1S/C15H15NO5/c1-20-10-7-6-9(8-10)15(19)21-16-13(17)11-4-2-3-5-12(11)14(16)18/h2-5,9-10H,6-8H2,1H3. The molecule has 0 spiro atoms. The summed E-state index contributed by atoms with van der Waals surface area (Å²) in [5, 5.41) is 0.563. The van der Waals surface area contributed by atoms with Crippen LogP contribution in [-0.2, 0) is 14.4 Å². The van der Waals surface area contributed by atoms with Gasteiger partial charge in [0.2, 0.25) is 0 Å². The maximum absolute atomic E-state index is 12.1. The Morgan fingerprint density at radius 1 is 1.14 bits per heavy atom. The molecule has 0 bridgehead atoms. The molecule has 0 N–H and O–H groups in total.